The van der Waals surface area contributed by atoms with Gasteiger partial charge in [-0.1, -0.05) is 52.3 Å². The van der Waals surface area contributed by atoms with E-state index in [0.717, 1.165) is 15.7 Å². The van der Waals surface area contributed by atoms with Crippen LogP contribution >= 0.6 is 15.9 Å². The van der Waals surface area contributed by atoms with Crippen LogP contribution in [0.1, 0.15) is 22.8 Å². The molecular weight excluding hydrogens is 370 g/mol. The van der Waals surface area contributed by atoms with Crippen LogP contribution in [0.2, 0.25) is 0 Å². The number of hydrogen-bond donors (Lipinski definition) is 2. The molecule has 2 N–H and O–H groups in total. The fraction of sp³-hybridized carbons (Fsp3) is 0.167. The Morgan fingerprint density at radius 2 is 1.83 bits per heavy atom. The number of amides is 2. The maximum absolute atomic E-state index is 11.9. The third kappa shape index (κ3) is 5.96. The summed E-state index contributed by atoms with van der Waals surface area (Å²) in [6, 6.07) is 16.8. The summed E-state index contributed by atoms with van der Waals surface area (Å²) < 4.78 is 0.806. The lowest BCUT2D eigenvalue weighted by Crippen LogP contribution is -2.35. The maximum atomic E-state index is 11.9. The Bertz CT molecular complexity index is 745. The molecule has 124 valence electrons. The first-order valence-electron chi connectivity index (χ1n) is 7.44. The topological polar surface area (TPSA) is 70.6 Å². The number of carbonyl (C=O) groups excluding carboxylic acids is 2. The second kappa shape index (κ2) is 8.98. The molecule has 0 saturated heterocycles. The van der Waals surface area contributed by atoms with Crippen molar-refractivity contribution in [2.45, 2.75) is 13.3 Å². The molecule has 0 aliphatic heterocycles. The molecule has 0 heterocycles. The zero-order valence-corrected chi connectivity index (χ0v) is 14.8. The lowest BCUT2D eigenvalue weighted by atomic mass is 10.1. The van der Waals surface area contributed by atoms with Crippen LogP contribution in [-0.4, -0.2) is 24.1 Å². The summed E-state index contributed by atoms with van der Waals surface area (Å²) in [6.45, 7) is 1.71. The van der Waals surface area contributed by atoms with E-state index in [2.05, 4.69) is 31.8 Å². The van der Waals surface area contributed by atoms with Crippen LogP contribution in [0.4, 0.5) is 0 Å². The van der Waals surface area contributed by atoms with Gasteiger partial charge < -0.3 is 5.32 Å². The van der Waals surface area contributed by atoms with Crippen molar-refractivity contribution in [3.8, 4) is 0 Å². The molecule has 2 aromatic carbocycles. The van der Waals surface area contributed by atoms with Crippen LogP contribution < -0.4 is 10.7 Å². The first kappa shape index (κ1) is 17.9. The highest BCUT2D eigenvalue weighted by Gasteiger charge is 2.08. The highest BCUT2D eigenvalue weighted by Crippen LogP contribution is 2.11. The summed E-state index contributed by atoms with van der Waals surface area (Å²) in [5.74, 6) is -0.679. The van der Waals surface area contributed by atoms with Gasteiger partial charge in [0.2, 0.25) is 0 Å². The lowest BCUT2D eigenvalue weighted by molar-refractivity contribution is -0.120. The quantitative estimate of drug-likeness (QED) is 0.590. The average Bonchev–Trinajstić information content (AvgIpc) is 2.58. The average molecular weight is 388 g/mol. The molecule has 24 heavy (non-hydrogen) atoms. The van der Waals surface area contributed by atoms with Gasteiger partial charge in [-0.05, 0) is 30.7 Å². The molecule has 0 unspecified atom stereocenters. The molecule has 2 amide bonds. The Morgan fingerprint density at radius 1 is 1.08 bits per heavy atom. The van der Waals surface area contributed by atoms with Crippen molar-refractivity contribution in [2.24, 2.45) is 5.10 Å². The highest BCUT2D eigenvalue weighted by molar-refractivity contribution is 9.10. The van der Waals surface area contributed by atoms with Crippen LogP contribution in [0.15, 0.2) is 64.2 Å². The van der Waals surface area contributed by atoms with Crippen molar-refractivity contribution in [1.29, 1.82) is 0 Å². The number of nitrogens with one attached hydrogen (secondary N) is 2. The molecule has 0 atom stereocenters. The van der Waals surface area contributed by atoms with Gasteiger partial charge in [0.15, 0.2) is 0 Å². The zero-order valence-electron chi connectivity index (χ0n) is 13.3. The van der Waals surface area contributed by atoms with Gasteiger partial charge in [-0.2, -0.15) is 5.10 Å². The van der Waals surface area contributed by atoms with Crippen LogP contribution in [0.5, 0.6) is 0 Å². The second-order valence-electron chi connectivity index (χ2n) is 5.24. The molecule has 5 nitrogen and oxygen atoms in total. The van der Waals surface area contributed by atoms with E-state index >= 15 is 0 Å². The van der Waals surface area contributed by atoms with Crippen molar-refractivity contribution in [3.05, 3.63) is 70.2 Å². The molecule has 0 aromatic heterocycles. The summed E-state index contributed by atoms with van der Waals surface area (Å²) in [7, 11) is 0. The van der Waals surface area contributed by atoms with E-state index in [4.69, 9.17) is 0 Å². The first-order chi connectivity index (χ1) is 11.5. The number of hydrazone groups is 1. The molecule has 0 fully saturated rings. The van der Waals surface area contributed by atoms with Crippen LogP contribution in [0, 0.1) is 0 Å². The summed E-state index contributed by atoms with van der Waals surface area (Å²) in [5, 5.41) is 6.60. The molecule has 2 rings (SSSR count). The van der Waals surface area contributed by atoms with Gasteiger partial charge >= 0.3 is 0 Å². The number of rotatable bonds is 6. The van der Waals surface area contributed by atoms with E-state index in [1.54, 1.807) is 18.2 Å². The summed E-state index contributed by atoms with van der Waals surface area (Å²) in [5.41, 5.74) is 4.84. The van der Waals surface area contributed by atoms with Gasteiger partial charge in [-0.15, -0.1) is 0 Å². The number of benzene rings is 2. The first-order valence-corrected chi connectivity index (χ1v) is 8.23. The number of hydrogen-bond acceptors (Lipinski definition) is 3. The fourth-order valence-corrected chi connectivity index (χ4v) is 2.42. The van der Waals surface area contributed by atoms with Gasteiger partial charge in [0.1, 0.15) is 0 Å². The Labute approximate surface area is 149 Å². The monoisotopic (exact) mass is 387 g/mol. The maximum Gasteiger partial charge on any atom is 0.259 e. The minimum Gasteiger partial charge on any atom is -0.343 e. The van der Waals surface area contributed by atoms with Crippen LogP contribution in [0.25, 0.3) is 0 Å². The van der Waals surface area contributed by atoms with Gasteiger partial charge in [0.05, 0.1) is 6.54 Å². The van der Waals surface area contributed by atoms with E-state index in [1.165, 1.54) is 0 Å². The SMILES string of the molecule is C/C(Cc1ccccc1)=N/NC(=O)CNC(=O)c1cccc(Br)c1. The van der Waals surface area contributed by atoms with Crippen molar-refractivity contribution in [3.63, 3.8) is 0 Å². The summed E-state index contributed by atoms with van der Waals surface area (Å²) in [6.07, 6.45) is 0.658. The Balaban J connectivity index is 1.78. The van der Waals surface area contributed by atoms with E-state index < -0.39 is 0 Å². The van der Waals surface area contributed by atoms with Gasteiger partial charge in [-0.3, -0.25) is 9.59 Å². The Hall–Kier alpha value is -2.47. The van der Waals surface area contributed by atoms with Crippen molar-refractivity contribution in [2.75, 3.05) is 6.54 Å². The molecule has 0 radical (unpaired) electrons. The minimum absolute atomic E-state index is 0.131. The van der Waals surface area contributed by atoms with E-state index in [1.807, 2.05) is 43.3 Å². The molecule has 0 spiro atoms. The lowest BCUT2D eigenvalue weighted by Gasteiger charge is -2.06. The van der Waals surface area contributed by atoms with E-state index in [-0.39, 0.29) is 18.4 Å². The Morgan fingerprint density at radius 3 is 2.54 bits per heavy atom. The van der Waals surface area contributed by atoms with Crippen LogP contribution in [-0.2, 0) is 11.2 Å². The van der Waals surface area contributed by atoms with Gasteiger partial charge in [0.25, 0.3) is 11.8 Å². The van der Waals surface area contributed by atoms with Crippen molar-refractivity contribution < 1.29 is 9.59 Å². The van der Waals surface area contributed by atoms with Gasteiger partial charge in [-0.25, -0.2) is 5.43 Å². The molecule has 0 bridgehead atoms. The fourth-order valence-electron chi connectivity index (χ4n) is 2.02. The van der Waals surface area contributed by atoms with Crippen LogP contribution in [0.3, 0.4) is 0 Å². The normalized spacial score (nSPS) is 11.0. The molecule has 6 heteroatoms. The zero-order chi connectivity index (χ0) is 17.4. The standard InChI is InChI=1S/C18H18BrN3O2/c1-13(10-14-6-3-2-4-7-14)21-22-17(23)12-20-18(24)15-8-5-9-16(19)11-15/h2-9,11H,10,12H2,1H3,(H,20,24)(H,22,23)/b21-13-. The molecule has 0 aliphatic carbocycles. The predicted molar refractivity (Wildman–Crippen MR) is 97.9 cm³/mol. The number of nitrogens with zero attached hydrogens (tertiary/aromatic N) is 1. The van der Waals surface area contributed by atoms with Crippen molar-refractivity contribution in [1.82, 2.24) is 10.7 Å². The molecule has 0 aliphatic rings. The summed E-state index contributed by atoms with van der Waals surface area (Å²) >= 11 is 3.30. The van der Waals surface area contributed by atoms with Crippen molar-refractivity contribution >= 4 is 33.5 Å². The van der Waals surface area contributed by atoms with Gasteiger partial charge in [0, 0.05) is 22.2 Å². The predicted octanol–water partition coefficient (Wildman–Crippen LogP) is 2.91. The number of halogens is 1. The highest BCUT2D eigenvalue weighted by atomic mass is 79.9. The third-order valence-corrected chi connectivity index (χ3v) is 3.66. The van der Waals surface area contributed by atoms with E-state index in [0.29, 0.717) is 12.0 Å². The summed E-state index contributed by atoms with van der Waals surface area (Å²) in [4.78, 5) is 23.7. The van der Waals surface area contributed by atoms with E-state index in [9.17, 15) is 9.59 Å². The Kier molecular flexibility index (Phi) is 6.69. The largest absolute Gasteiger partial charge is 0.343 e. The minimum atomic E-state index is -0.370. The smallest absolute Gasteiger partial charge is 0.259 e. The molecule has 2 aromatic rings. The molecule has 0 saturated carbocycles. The second-order valence-corrected chi connectivity index (χ2v) is 6.15. The molecular formula is C18H18BrN3O2. The third-order valence-electron chi connectivity index (χ3n) is 3.17. The number of carbonyl (C=O) groups is 2.